The van der Waals surface area contributed by atoms with Gasteiger partial charge in [-0.25, -0.2) is 4.98 Å². The maximum atomic E-state index is 12.3. The Hall–Kier alpha value is -1.64. The molecule has 1 aliphatic rings. The summed E-state index contributed by atoms with van der Waals surface area (Å²) in [5.41, 5.74) is 2.38. The number of morpholine rings is 1. The fourth-order valence-electron chi connectivity index (χ4n) is 2.83. The molecule has 1 fully saturated rings. The van der Waals surface area contributed by atoms with Gasteiger partial charge in [0.1, 0.15) is 0 Å². The summed E-state index contributed by atoms with van der Waals surface area (Å²) in [6, 6.07) is 11.2. The Morgan fingerprint density at radius 1 is 1.24 bits per heavy atom. The molecule has 2 heterocycles. The van der Waals surface area contributed by atoms with Crippen molar-refractivity contribution in [3.8, 4) is 0 Å². The first-order valence-corrected chi connectivity index (χ1v) is 11.5. The zero-order valence-corrected chi connectivity index (χ0v) is 18.5. The molecule has 1 aliphatic heterocycles. The van der Waals surface area contributed by atoms with Crippen molar-refractivity contribution in [3.05, 3.63) is 52.0 Å². The summed E-state index contributed by atoms with van der Waals surface area (Å²) in [6.07, 6.45) is 1.67. The molecule has 0 radical (unpaired) electrons. The van der Waals surface area contributed by atoms with Gasteiger partial charge in [-0.05, 0) is 30.3 Å². The van der Waals surface area contributed by atoms with Crippen molar-refractivity contribution in [1.82, 2.24) is 9.88 Å². The van der Waals surface area contributed by atoms with Crippen LogP contribution in [0.5, 0.6) is 0 Å². The van der Waals surface area contributed by atoms with E-state index in [0.717, 1.165) is 20.2 Å². The van der Waals surface area contributed by atoms with E-state index in [0.29, 0.717) is 47.7 Å². The summed E-state index contributed by atoms with van der Waals surface area (Å²) in [6.45, 7) is 2.55. The number of aliphatic imine (C=N–C) groups is 1. The Morgan fingerprint density at radius 2 is 2.00 bits per heavy atom. The number of rotatable bonds is 5. The average Bonchev–Trinajstić information content (AvgIpc) is 3.14. The predicted molar refractivity (Wildman–Crippen MR) is 121 cm³/mol. The van der Waals surface area contributed by atoms with Crippen LogP contribution in [0.3, 0.4) is 0 Å². The predicted octanol–water partition coefficient (Wildman–Crippen LogP) is 5.30. The highest BCUT2D eigenvalue weighted by Gasteiger charge is 2.17. The van der Waals surface area contributed by atoms with Crippen LogP contribution in [0.1, 0.15) is 5.56 Å². The van der Waals surface area contributed by atoms with Crippen molar-refractivity contribution in [2.75, 3.05) is 32.1 Å². The third-order valence-corrected chi connectivity index (χ3v) is 7.18. The number of halogens is 2. The summed E-state index contributed by atoms with van der Waals surface area (Å²) in [5.74, 6) is 0.509. The van der Waals surface area contributed by atoms with E-state index in [4.69, 9.17) is 27.9 Å². The summed E-state index contributed by atoms with van der Waals surface area (Å²) >= 11 is 15.4. The van der Waals surface area contributed by atoms with Gasteiger partial charge in [-0.15, -0.1) is 11.3 Å². The van der Waals surface area contributed by atoms with E-state index in [1.165, 1.54) is 11.8 Å². The van der Waals surface area contributed by atoms with Crippen molar-refractivity contribution in [1.29, 1.82) is 0 Å². The van der Waals surface area contributed by atoms with Crippen LogP contribution in [0.25, 0.3) is 10.2 Å². The Balaban J connectivity index is 1.45. The minimum atomic E-state index is 0.125. The Labute approximate surface area is 186 Å². The van der Waals surface area contributed by atoms with Gasteiger partial charge in [0.2, 0.25) is 5.91 Å². The third-order valence-electron chi connectivity index (χ3n) is 4.38. The molecule has 29 heavy (non-hydrogen) atoms. The molecular formula is C20H17Cl2N3O2S2. The number of carbonyl (C=O) groups excluding carboxylic acids is 1. The van der Waals surface area contributed by atoms with Gasteiger partial charge in [0, 0.05) is 24.9 Å². The molecule has 0 aliphatic carbocycles. The number of ether oxygens (including phenoxy) is 1. The lowest BCUT2D eigenvalue weighted by atomic mass is 10.2. The topological polar surface area (TPSA) is 54.8 Å². The van der Waals surface area contributed by atoms with E-state index in [2.05, 4.69) is 9.98 Å². The highest BCUT2D eigenvalue weighted by molar-refractivity contribution is 8.01. The largest absolute Gasteiger partial charge is 0.378 e. The lowest BCUT2D eigenvalue weighted by Crippen LogP contribution is -2.41. The van der Waals surface area contributed by atoms with Crippen molar-refractivity contribution in [2.45, 2.75) is 4.34 Å². The van der Waals surface area contributed by atoms with Crippen molar-refractivity contribution >= 4 is 74.3 Å². The molecule has 0 atom stereocenters. The van der Waals surface area contributed by atoms with Crippen molar-refractivity contribution in [3.63, 3.8) is 0 Å². The van der Waals surface area contributed by atoms with E-state index in [9.17, 15) is 4.79 Å². The molecular weight excluding hydrogens is 449 g/mol. The normalized spacial score (nSPS) is 14.8. The fraction of sp³-hybridized carbons (Fsp3) is 0.250. The minimum Gasteiger partial charge on any atom is -0.378 e. The lowest BCUT2D eigenvalue weighted by Gasteiger charge is -2.26. The summed E-state index contributed by atoms with van der Waals surface area (Å²) < 4.78 is 7.18. The highest BCUT2D eigenvalue weighted by Crippen LogP contribution is 2.32. The number of amides is 1. The second kappa shape index (κ2) is 9.45. The first kappa shape index (κ1) is 20.6. The minimum absolute atomic E-state index is 0.125. The molecule has 150 valence electrons. The molecule has 0 bridgehead atoms. The number of thiazole rings is 1. The molecule has 1 amide bonds. The molecule has 0 saturated carbocycles. The Bertz CT molecular complexity index is 1040. The molecule has 4 rings (SSSR count). The van der Waals surface area contributed by atoms with Gasteiger partial charge in [-0.3, -0.25) is 9.79 Å². The molecule has 2 aromatic carbocycles. The molecule has 0 N–H and O–H groups in total. The van der Waals surface area contributed by atoms with Gasteiger partial charge >= 0.3 is 0 Å². The van der Waals surface area contributed by atoms with Crippen LogP contribution in [0.2, 0.25) is 10.0 Å². The van der Waals surface area contributed by atoms with Crippen LogP contribution < -0.4 is 0 Å². The van der Waals surface area contributed by atoms with Gasteiger partial charge in [-0.2, -0.15) is 0 Å². The van der Waals surface area contributed by atoms with E-state index in [1.54, 1.807) is 35.8 Å². The molecule has 1 saturated heterocycles. The molecule has 0 spiro atoms. The lowest BCUT2D eigenvalue weighted by molar-refractivity contribution is -0.132. The number of nitrogens with zero attached hydrogens (tertiary/aromatic N) is 3. The first-order chi connectivity index (χ1) is 14.1. The Morgan fingerprint density at radius 3 is 2.76 bits per heavy atom. The summed E-state index contributed by atoms with van der Waals surface area (Å²) in [4.78, 5) is 23.3. The summed E-state index contributed by atoms with van der Waals surface area (Å²) in [7, 11) is 0. The number of carbonyl (C=O) groups is 1. The smallest absolute Gasteiger partial charge is 0.233 e. The van der Waals surface area contributed by atoms with E-state index in [1.807, 2.05) is 23.1 Å². The fourth-order valence-corrected chi connectivity index (χ4v) is 5.33. The number of thioether (sulfide) groups is 1. The summed E-state index contributed by atoms with van der Waals surface area (Å²) in [5, 5.41) is 1.12. The van der Waals surface area contributed by atoms with Crippen LogP contribution in [0.4, 0.5) is 5.69 Å². The second-order valence-electron chi connectivity index (χ2n) is 6.31. The van der Waals surface area contributed by atoms with Crippen LogP contribution in [-0.2, 0) is 9.53 Å². The van der Waals surface area contributed by atoms with E-state index in [-0.39, 0.29) is 5.91 Å². The first-order valence-electron chi connectivity index (χ1n) is 8.97. The highest BCUT2D eigenvalue weighted by atomic mass is 35.5. The quantitative estimate of drug-likeness (QED) is 0.378. The van der Waals surface area contributed by atoms with Gasteiger partial charge in [0.15, 0.2) is 4.34 Å². The van der Waals surface area contributed by atoms with Crippen LogP contribution in [0, 0.1) is 0 Å². The second-order valence-corrected chi connectivity index (χ2v) is 9.37. The number of aromatic nitrogens is 1. The standard InChI is InChI=1S/C20H17Cl2N3O2S2/c21-15-2-1-3-16(22)14(15)11-23-13-4-5-17-18(10-13)29-20(24-17)28-12-19(26)25-6-8-27-9-7-25/h1-5,10-11H,6-9,12H2/b23-11+. The maximum Gasteiger partial charge on any atom is 0.233 e. The number of benzene rings is 2. The molecule has 5 nitrogen and oxygen atoms in total. The van der Waals surface area contributed by atoms with Crippen molar-refractivity contribution < 1.29 is 9.53 Å². The van der Waals surface area contributed by atoms with Crippen LogP contribution >= 0.6 is 46.3 Å². The van der Waals surface area contributed by atoms with Gasteiger partial charge in [-0.1, -0.05) is 41.0 Å². The van der Waals surface area contributed by atoms with E-state index < -0.39 is 0 Å². The van der Waals surface area contributed by atoms with Crippen LogP contribution in [0.15, 0.2) is 45.7 Å². The Kier molecular flexibility index (Phi) is 6.72. The van der Waals surface area contributed by atoms with Crippen LogP contribution in [-0.4, -0.2) is 54.1 Å². The average molecular weight is 466 g/mol. The van der Waals surface area contributed by atoms with Gasteiger partial charge in [0.25, 0.3) is 0 Å². The maximum absolute atomic E-state index is 12.3. The zero-order valence-electron chi connectivity index (χ0n) is 15.3. The van der Waals surface area contributed by atoms with E-state index >= 15 is 0 Å². The molecule has 1 aromatic heterocycles. The zero-order chi connectivity index (χ0) is 20.2. The monoisotopic (exact) mass is 465 g/mol. The number of fused-ring (bicyclic) bond motifs is 1. The SMILES string of the molecule is O=C(CSc1nc2ccc(/N=C/c3c(Cl)cccc3Cl)cc2s1)N1CCOCC1. The van der Waals surface area contributed by atoms with Gasteiger partial charge in [0.05, 0.1) is 44.9 Å². The third kappa shape index (κ3) is 5.10. The molecule has 9 heteroatoms. The number of hydrogen-bond acceptors (Lipinski definition) is 6. The van der Waals surface area contributed by atoms with Crippen molar-refractivity contribution in [2.24, 2.45) is 4.99 Å². The number of hydrogen-bond donors (Lipinski definition) is 0. The molecule has 0 unspecified atom stereocenters. The molecule has 3 aromatic rings. The van der Waals surface area contributed by atoms with Gasteiger partial charge < -0.3 is 9.64 Å².